The second-order valence-electron chi connectivity index (χ2n) is 8.74. The number of sulfonamides is 1. The first-order chi connectivity index (χ1) is 15.1. The molecule has 0 unspecified atom stereocenters. The van der Waals surface area contributed by atoms with Gasteiger partial charge in [0.25, 0.3) is 5.91 Å². The number of hydrogen-bond donors (Lipinski definition) is 2. The van der Waals surface area contributed by atoms with Gasteiger partial charge in [0.05, 0.1) is 5.02 Å². The lowest BCUT2D eigenvalue weighted by Crippen LogP contribution is -2.54. The molecule has 2 saturated heterocycles. The van der Waals surface area contributed by atoms with E-state index in [0.717, 1.165) is 37.0 Å². The van der Waals surface area contributed by atoms with Crippen molar-refractivity contribution >= 4 is 45.2 Å². The minimum Gasteiger partial charge on any atom is -0.324 e. The number of anilines is 1. The molecule has 3 fully saturated rings. The maximum atomic E-state index is 13.0. The average Bonchev–Trinajstić information content (AvgIpc) is 3.36. The Hall–Kier alpha value is -2.17. The molecule has 1 aromatic rings. The zero-order chi connectivity index (χ0) is 23.1. The third-order valence-corrected chi connectivity index (χ3v) is 9.08. The van der Waals surface area contributed by atoms with Crippen molar-refractivity contribution in [3.05, 3.63) is 23.2 Å². The summed E-state index contributed by atoms with van der Waals surface area (Å²) in [7, 11) is -3.77. The molecule has 1 saturated carbocycles. The van der Waals surface area contributed by atoms with E-state index in [2.05, 4.69) is 10.6 Å². The van der Waals surface area contributed by atoms with Gasteiger partial charge in [-0.15, -0.1) is 0 Å². The van der Waals surface area contributed by atoms with Gasteiger partial charge in [-0.2, -0.15) is 4.31 Å². The lowest BCUT2D eigenvalue weighted by Gasteiger charge is -2.36. The highest BCUT2D eigenvalue weighted by molar-refractivity contribution is 7.89. The van der Waals surface area contributed by atoms with Crippen LogP contribution in [0.5, 0.6) is 0 Å². The number of amides is 4. The number of nitrogens with zero attached hydrogens (tertiary/aromatic N) is 2. The van der Waals surface area contributed by atoms with Crippen LogP contribution in [0.3, 0.4) is 0 Å². The standard InChI is InChI=1S/C21H27ClN4O5S/c1-14-6-2-3-9-21(14)19(28)26(20(29)24-21)13-18(27)23-15-7-8-16(22)17(12-15)32(30,31)25-10-4-5-11-25/h7-8,12,14H,2-6,9-11,13H2,1H3,(H,23,27)(H,24,29)/t14-,21-/m1/s1. The predicted molar refractivity (Wildman–Crippen MR) is 119 cm³/mol. The molecule has 0 aromatic heterocycles. The Kier molecular flexibility index (Phi) is 6.21. The third-order valence-electron chi connectivity index (χ3n) is 6.70. The molecule has 9 nitrogen and oxygen atoms in total. The number of imide groups is 1. The van der Waals surface area contributed by atoms with Crippen molar-refractivity contribution in [3.8, 4) is 0 Å². The van der Waals surface area contributed by atoms with Gasteiger partial charge in [-0.1, -0.05) is 31.4 Å². The minimum atomic E-state index is -3.77. The van der Waals surface area contributed by atoms with Crippen LogP contribution in [-0.2, 0) is 19.6 Å². The minimum absolute atomic E-state index is 0.00428. The first-order valence-electron chi connectivity index (χ1n) is 10.9. The van der Waals surface area contributed by atoms with Crippen LogP contribution < -0.4 is 10.6 Å². The highest BCUT2D eigenvalue weighted by atomic mass is 35.5. The van der Waals surface area contributed by atoms with Crippen LogP contribution in [0.2, 0.25) is 5.02 Å². The number of halogens is 1. The van der Waals surface area contributed by atoms with Crippen molar-refractivity contribution in [3.63, 3.8) is 0 Å². The lowest BCUT2D eigenvalue weighted by atomic mass is 9.73. The van der Waals surface area contributed by atoms with Crippen molar-refractivity contribution in [2.45, 2.75) is 55.9 Å². The van der Waals surface area contributed by atoms with Gasteiger partial charge in [-0.3, -0.25) is 14.5 Å². The Morgan fingerprint density at radius 2 is 1.94 bits per heavy atom. The van der Waals surface area contributed by atoms with E-state index in [9.17, 15) is 22.8 Å². The van der Waals surface area contributed by atoms with Gasteiger partial charge in [0.15, 0.2) is 0 Å². The molecular formula is C21H27ClN4O5S. The number of carbonyl (C=O) groups is 3. The summed E-state index contributed by atoms with van der Waals surface area (Å²) in [6.45, 7) is 2.36. The fourth-order valence-electron chi connectivity index (χ4n) is 4.83. The van der Waals surface area contributed by atoms with Crippen LogP contribution in [0, 0.1) is 5.92 Å². The molecule has 0 radical (unpaired) electrons. The van der Waals surface area contributed by atoms with E-state index in [0.29, 0.717) is 19.5 Å². The van der Waals surface area contributed by atoms with Gasteiger partial charge < -0.3 is 10.6 Å². The molecular weight excluding hydrogens is 456 g/mol. The molecule has 0 bridgehead atoms. The summed E-state index contributed by atoms with van der Waals surface area (Å²) >= 11 is 6.14. The molecule has 1 aliphatic carbocycles. The zero-order valence-electron chi connectivity index (χ0n) is 17.9. The summed E-state index contributed by atoms with van der Waals surface area (Å²) in [6.07, 6.45) is 4.83. The summed E-state index contributed by atoms with van der Waals surface area (Å²) in [4.78, 5) is 39.0. The maximum absolute atomic E-state index is 13.0. The number of benzene rings is 1. The summed E-state index contributed by atoms with van der Waals surface area (Å²) in [5, 5.41) is 5.47. The second kappa shape index (κ2) is 8.64. The van der Waals surface area contributed by atoms with Crippen molar-refractivity contribution in [2.75, 3.05) is 25.0 Å². The Labute approximate surface area is 192 Å². The maximum Gasteiger partial charge on any atom is 0.325 e. The molecule has 2 atom stereocenters. The summed E-state index contributed by atoms with van der Waals surface area (Å²) in [6, 6.07) is 3.63. The molecule has 3 aliphatic rings. The largest absolute Gasteiger partial charge is 0.325 e. The number of hydrogen-bond acceptors (Lipinski definition) is 5. The number of nitrogens with one attached hydrogen (secondary N) is 2. The zero-order valence-corrected chi connectivity index (χ0v) is 19.5. The summed E-state index contributed by atoms with van der Waals surface area (Å²) in [5.74, 6) is -0.977. The van der Waals surface area contributed by atoms with E-state index in [4.69, 9.17) is 11.6 Å². The molecule has 4 rings (SSSR count). The predicted octanol–water partition coefficient (Wildman–Crippen LogP) is 2.56. The van der Waals surface area contributed by atoms with Gasteiger partial charge >= 0.3 is 6.03 Å². The Morgan fingerprint density at radius 1 is 1.22 bits per heavy atom. The fourth-order valence-corrected chi connectivity index (χ4v) is 6.85. The van der Waals surface area contributed by atoms with E-state index >= 15 is 0 Å². The smallest absolute Gasteiger partial charge is 0.324 e. The SMILES string of the molecule is C[C@@H]1CCCC[C@@]12NC(=O)N(CC(=O)Nc1ccc(Cl)c(S(=O)(=O)N3CCCC3)c1)C2=O. The van der Waals surface area contributed by atoms with Gasteiger partial charge in [-0.05, 0) is 49.8 Å². The molecule has 2 aliphatic heterocycles. The molecule has 4 amide bonds. The van der Waals surface area contributed by atoms with Crippen LogP contribution in [0.15, 0.2) is 23.1 Å². The summed E-state index contributed by atoms with van der Waals surface area (Å²) < 4.78 is 27.1. The van der Waals surface area contributed by atoms with Gasteiger partial charge in [0.2, 0.25) is 15.9 Å². The first kappa shape index (κ1) is 23.0. The average molecular weight is 483 g/mol. The van der Waals surface area contributed by atoms with Gasteiger partial charge in [0, 0.05) is 18.8 Å². The van der Waals surface area contributed by atoms with Crippen LogP contribution in [0.25, 0.3) is 0 Å². The van der Waals surface area contributed by atoms with E-state index in [-0.39, 0.29) is 27.4 Å². The third kappa shape index (κ3) is 3.99. The summed E-state index contributed by atoms with van der Waals surface area (Å²) in [5.41, 5.74) is -0.711. The van der Waals surface area contributed by atoms with Crippen LogP contribution >= 0.6 is 11.6 Å². The van der Waals surface area contributed by atoms with Crippen LogP contribution in [0.4, 0.5) is 10.5 Å². The number of carbonyl (C=O) groups excluding carboxylic acids is 3. The van der Waals surface area contributed by atoms with E-state index in [1.165, 1.54) is 22.5 Å². The first-order valence-corrected chi connectivity index (χ1v) is 12.7. The van der Waals surface area contributed by atoms with E-state index in [1.807, 2.05) is 6.92 Å². The Morgan fingerprint density at radius 3 is 2.62 bits per heavy atom. The number of rotatable bonds is 5. The van der Waals surface area contributed by atoms with E-state index in [1.54, 1.807) is 0 Å². The van der Waals surface area contributed by atoms with Crippen LogP contribution in [-0.4, -0.2) is 60.6 Å². The molecule has 1 aromatic carbocycles. The normalized spacial score (nSPS) is 26.6. The molecule has 1 spiro atoms. The molecule has 32 heavy (non-hydrogen) atoms. The highest BCUT2D eigenvalue weighted by Crippen LogP contribution is 2.38. The van der Waals surface area contributed by atoms with E-state index < -0.39 is 34.0 Å². The van der Waals surface area contributed by atoms with Crippen molar-refractivity contribution in [1.29, 1.82) is 0 Å². The quantitative estimate of drug-likeness (QED) is 0.626. The molecule has 2 N–H and O–H groups in total. The van der Waals surface area contributed by atoms with Crippen molar-refractivity contribution in [1.82, 2.24) is 14.5 Å². The topological polar surface area (TPSA) is 116 Å². The molecule has 174 valence electrons. The van der Waals surface area contributed by atoms with Gasteiger partial charge in [0.1, 0.15) is 17.0 Å². The van der Waals surface area contributed by atoms with Crippen molar-refractivity contribution < 1.29 is 22.8 Å². The highest BCUT2D eigenvalue weighted by Gasteiger charge is 2.55. The Balaban J connectivity index is 1.48. The lowest BCUT2D eigenvalue weighted by molar-refractivity contribution is -0.136. The second-order valence-corrected chi connectivity index (χ2v) is 11.1. The van der Waals surface area contributed by atoms with Crippen molar-refractivity contribution in [2.24, 2.45) is 5.92 Å². The monoisotopic (exact) mass is 482 g/mol. The number of urea groups is 1. The fraction of sp³-hybridized carbons (Fsp3) is 0.571. The molecule has 2 heterocycles. The van der Waals surface area contributed by atoms with Crippen LogP contribution in [0.1, 0.15) is 45.4 Å². The Bertz CT molecular complexity index is 1060. The van der Waals surface area contributed by atoms with Gasteiger partial charge in [-0.25, -0.2) is 13.2 Å². The molecule has 11 heteroatoms.